The second kappa shape index (κ2) is 10.1. The number of carbonyl (C=O) groups excluding carboxylic acids is 1. The summed E-state index contributed by atoms with van der Waals surface area (Å²) in [5.41, 5.74) is 1.47. The molecule has 1 unspecified atom stereocenters. The summed E-state index contributed by atoms with van der Waals surface area (Å²) in [7, 11) is 0. The number of carboxylic acids is 1. The highest BCUT2D eigenvalue weighted by molar-refractivity contribution is 6.04. The van der Waals surface area contributed by atoms with Gasteiger partial charge in [-0.15, -0.1) is 5.10 Å². The predicted molar refractivity (Wildman–Crippen MR) is 125 cm³/mol. The molecule has 172 valence electrons. The van der Waals surface area contributed by atoms with E-state index in [0.717, 1.165) is 4.68 Å². The lowest BCUT2D eigenvalue weighted by molar-refractivity contribution is -0.146. The van der Waals surface area contributed by atoms with Crippen LogP contribution in [0.3, 0.4) is 0 Å². The number of aliphatic hydroxyl groups excluding tert-OH is 1. The van der Waals surface area contributed by atoms with Crippen molar-refractivity contribution in [1.82, 2.24) is 15.0 Å². The first-order chi connectivity index (χ1) is 16.4. The summed E-state index contributed by atoms with van der Waals surface area (Å²) in [6.07, 6.45) is -1.35. The molecular formula is C25H22N4O5. The van der Waals surface area contributed by atoms with Crippen LogP contribution in [0, 0.1) is 5.92 Å². The highest BCUT2D eigenvalue weighted by Gasteiger charge is 2.28. The average molecular weight is 458 g/mol. The van der Waals surface area contributed by atoms with Crippen LogP contribution in [0.15, 0.2) is 83.7 Å². The molecule has 0 saturated heterocycles. The minimum absolute atomic E-state index is 0.0179. The third-order valence-electron chi connectivity index (χ3n) is 5.53. The van der Waals surface area contributed by atoms with Crippen LogP contribution in [-0.4, -0.2) is 37.1 Å². The number of carboxylic acid groups (broad SMARTS) is 1. The molecular weight excluding hydrogens is 436 g/mol. The van der Waals surface area contributed by atoms with Gasteiger partial charge in [-0.3, -0.25) is 14.4 Å². The Hall–Kier alpha value is -4.37. The Morgan fingerprint density at radius 1 is 0.941 bits per heavy atom. The fraction of sp³-hybridized carbons (Fsp3) is 0.160. The quantitative estimate of drug-likeness (QED) is 0.370. The van der Waals surface area contributed by atoms with Crippen LogP contribution in [-0.2, 0) is 11.3 Å². The van der Waals surface area contributed by atoms with Gasteiger partial charge in [0.1, 0.15) is 5.52 Å². The van der Waals surface area contributed by atoms with Crippen molar-refractivity contribution in [2.45, 2.75) is 19.1 Å². The predicted octanol–water partition coefficient (Wildman–Crippen LogP) is 2.87. The summed E-state index contributed by atoms with van der Waals surface area (Å²) in [6.45, 7) is -0.0179. The van der Waals surface area contributed by atoms with E-state index in [0.29, 0.717) is 27.7 Å². The molecule has 0 aliphatic carbocycles. The Morgan fingerprint density at radius 3 is 2.32 bits per heavy atom. The molecule has 3 N–H and O–H groups in total. The maximum absolute atomic E-state index is 12.6. The number of benzene rings is 3. The summed E-state index contributed by atoms with van der Waals surface area (Å²) >= 11 is 0. The summed E-state index contributed by atoms with van der Waals surface area (Å²) in [6, 6.07) is 21.8. The fourth-order valence-electron chi connectivity index (χ4n) is 3.64. The van der Waals surface area contributed by atoms with E-state index in [-0.39, 0.29) is 24.4 Å². The molecule has 0 radical (unpaired) electrons. The van der Waals surface area contributed by atoms with E-state index in [1.54, 1.807) is 72.8 Å². The van der Waals surface area contributed by atoms with Gasteiger partial charge in [-0.1, -0.05) is 47.7 Å². The van der Waals surface area contributed by atoms with Crippen LogP contribution < -0.4 is 10.9 Å². The largest absolute Gasteiger partial charge is 0.481 e. The number of hydrogen-bond donors (Lipinski definition) is 3. The van der Waals surface area contributed by atoms with Crippen molar-refractivity contribution in [2.24, 2.45) is 5.92 Å². The highest BCUT2D eigenvalue weighted by atomic mass is 16.4. The molecule has 34 heavy (non-hydrogen) atoms. The number of hydrogen-bond acceptors (Lipinski definition) is 6. The number of nitrogens with zero attached hydrogens (tertiary/aromatic N) is 3. The number of aliphatic carboxylic acids is 1. The second-order valence-corrected chi connectivity index (χ2v) is 7.76. The van der Waals surface area contributed by atoms with Crippen molar-refractivity contribution in [3.63, 3.8) is 0 Å². The Balaban J connectivity index is 1.45. The number of aliphatic hydroxyl groups is 1. The van der Waals surface area contributed by atoms with Gasteiger partial charge in [0.2, 0.25) is 0 Å². The van der Waals surface area contributed by atoms with Crippen LogP contribution in [0.5, 0.6) is 0 Å². The van der Waals surface area contributed by atoms with Crippen LogP contribution in [0.1, 0.15) is 28.4 Å². The highest BCUT2D eigenvalue weighted by Crippen LogP contribution is 2.27. The second-order valence-electron chi connectivity index (χ2n) is 7.76. The molecule has 1 heterocycles. The van der Waals surface area contributed by atoms with E-state index in [1.807, 2.05) is 6.07 Å². The zero-order valence-corrected chi connectivity index (χ0v) is 18.0. The number of fused-ring (bicyclic) bond motifs is 1. The fourth-order valence-corrected chi connectivity index (χ4v) is 3.64. The molecule has 1 aromatic heterocycles. The monoisotopic (exact) mass is 458 g/mol. The summed E-state index contributed by atoms with van der Waals surface area (Å²) in [5, 5.41) is 31.4. The molecule has 0 bridgehead atoms. The Kier molecular flexibility index (Phi) is 6.74. The Bertz CT molecular complexity index is 1370. The van der Waals surface area contributed by atoms with E-state index in [2.05, 4.69) is 15.6 Å². The third kappa shape index (κ3) is 5.00. The number of amides is 1. The van der Waals surface area contributed by atoms with Crippen molar-refractivity contribution in [2.75, 3.05) is 5.32 Å². The average Bonchev–Trinajstić information content (AvgIpc) is 2.86. The van der Waals surface area contributed by atoms with Crippen LogP contribution in [0.25, 0.3) is 10.9 Å². The molecule has 0 aliphatic heterocycles. The summed E-state index contributed by atoms with van der Waals surface area (Å²) in [4.78, 5) is 36.7. The summed E-state index contributed by atoms with van der Waals surface area (Å²) < 4.78 is 1.10. The van der Waals surface area contributed by atoms with Gasteiger partial charge in [0.15, 0.2) is 0 Å². The number of rotatable bonds is 8. The van der Waals surface area contributed by atoms with Crippen LogP contribution >= 0.6 is 0 Å². The van der Waals surface area contributed by atoms with Gasteiger partial charge in [0, 0.05) is 17.8 Å². The molecule has 9 heteroatoms. The first-order valence-electron chi connectivity index (χ1n) is 10.6. The van der Waals surface area contributed by atoms with E-state index in [9.17, 15) is 24.6 Å². The number of carbonyl (C=O) groups is 2. The van der Waals surface area contributed by atoms with Crippen molar-refractivity contribution in [3.8, 4) is 0 Å². The van der Waals surface area contributed by atoms with Crippen molar-refractivity contribution in [3.05, 3.63) is 100 Å². The lowest BCUT2D eigenvalue weighted by atomic mass is 9.92. The van der Waals surface area contributed by atoms with Gasteiger partial charge in [0.05, 0.1) is 17.4 Å². The topological polar surface area (TPSA) is 134 Å². The maximum atomic E-state index is 12.6. The van der Waals surface area contributed by atoms with Gasteiger partial charge in [-0.2, -0.15) is 0 Å². The van der Waals surface area contributed by atoms with Crippen molar-refractivity contribution >= 4 is 28.5 Å². The number of aryl methyl sites for hydroxylation is 1. The van der Waals surface area contributed by atoms with E-state index >= 15 is 0 Å². The Labute approximate surface area is 194 Å². The van der Waals surface area contributed by atoms with E-state index in [4.69, 9.17) is 0 Å². The standard InChI is InChI=1S/C25H22N4O5/c30-22(16-10-12-18(13-11-16)26-23(31)17-6-2-1-3-7-17)20(25(33)34)14-15-29-24(32)19-8-4-5-9-21(19)27-28-29/h1-13,20,22,30H,14-15H2,(H,26,31)(H,33,34)/t20-,22?/m0/s1. The van der Waals surface area contributed by atoms with Gasteiger partial charge >= 0.3 is 5.97 Å². The SMILES string of the molecule is O=C(Nc1ccc(C(O)[C@H](CCn2nnc3ccccc3c2=O)C(=O)O)cc1)c1ccccc1. The maximum Gasteiger partial charge on any atom is 0.309 e. The molecule has 3 aromatic carbocycles. The first kappa shape index (κ1) is 22.8. The van der Waals surface area contributed by atoms with E-state index in [1.165, 1.54) is 0 Å². The molecule has 0 saturated carbocycles. The van der Waals surface area contributed by atoms with Crippen LogP contribution in [0.4, 0.5) is 5.69 Å². The number of nitrogens with one attached hydrogen (secondary N) is 1. The zero-order valence-electron chi connectivity index (χ0n) is 18.0. The van der Waals surface area contributed by atoms with Gasteiger partial charge < -0.3 is 15.5 Å². The molecule has 0 spiro atoms. The minimum Gasteiger partial charge on any atom is -0.481 e. The van der Waals surface area contributed by atoms with Gasteiger partial charge in [-0.05, 0) is 48.4 Å². The molecule has 0 aliphatic rings. The Morgan fingerprint density at radius 2 is 1.62 bits per heavy atom. The lowest BCUT2D eigenvalue weighted by Gasteiger charge is -2.20. The van der Waals surface area contributed by atoms with Crippen molar-refractivity contribution in [1.29, 1.82) is 0 Å². The normalized spacial score (nSPS) is 12.7. The number of aromatic nitrogens is 3. The molecule has 1 amide bonds. The van der Waals surface area contributed by atoms with E-state index < -0.39 is 18.0 Å². The first-order valence-corrected chi connectivity index (χ1v) is 10.6. The zero-order chi connectivity index (χ0) is 24.1. The van der Waals surface area contributed by atoms with Gasteiger partial charge in [0.25, 0.3) is 11.5 Å². The number of anilines is 1. The smallest absolute Gasteiger partial charge is 0.309 e. The molecule has 4 aromatic rings. The molecule has 2 atom stereocenters. The third-order valence-corrected chi connectivity index (χ3v) is 5.53. The lowest BCUT2D eigenvalue weighted by Crippen LogP contribution is -2.29. The molecule has 4 rings (SSSR count). The molecule has 9 nitrogen and oxygen atoms in total. The van der Waals surface area contributed by atoms with Gasteiger partial charge in [-0.25, -0.2) is 4.68 Å². The summed E-state index contributed by atoms with van der Waals surface area (Å²) in [5.74, 6) is -2.65. The van der Waals surface area contributed by atoms with Crippen LogP contribution in [0.2, 0.25) is 0 Å². The minimum atomic E-state index is -1.32. The molecule has 0 fully saturated rings. The van der Waals surface area contributed by atoms with Crippen molar-refractivity contribution < 1.29 is 19.8 Å².